The summed E-state index contributed by atoms with van der Waals surface area (Å²) in [6.07, 6.45) is 3.09. The average molecular weight is 284 g/mol. The maximum atomic E-state index is 5.68. The highest BCUT2D eigenvalue weighted by molar-refractivity contribution is 7.15. The predicted molar refractivity (Wildman–Crippen MR) is 79.3 cm³/mol. The molecule has 2 N–H and O–H groups in total. The van der Waals surface area contributed by atoms with Gasteiger partial charge in [0.05, 0.1) is 6.61 Å². The summed E-state index contributed by atoms with van der Waals surface area (Å²) in [5.74, 6) is 0. The molecule has 0 saturated carbocycles. The molecule has 108 valence electrons. The van der Waals surface area contributed by atoms with E-state index < -0.39 is 0 Å². The molecule has 1 fully saturated rings. The summed E-state index contributed by atoms with van der Waals surface area (Å²) in [4.78, 5) is 10.4. The Labute approximate surface area is 119 Å². The lowest BCUT2D eigenvalue weighted by Gasteiger charge is -2.41. The van der Waals surface area contributed by atoms with Crippen molar-refractivity contribution < 1.29 is 4.74 Å². The largest absolute Gasteiger partial charge is 0.383 e. The number of hydrogen-bond donors (Lipinski definition) is 1. The third-order valence-electron chi connectivity index (χ3n) is 3.69. The van der Waals surface area contributed by atoms with Crippen LogP contribution in [0.25, 0.3) is 0 Å². The van der Waals surface area contributed by atoms with Crippen LogP contribution in [0.3, 0.4) is 0 Å². The first kappa shape index (κ1) is 14.7. The van der Waals surface area contributed by atoms with E-state index in [0.29, 0.717) is 11.2 Å². The van der Waals surface area contributed by atoms with Crippen LogP contribution in [0.15, 0.2) is 6.20 Å². The SMILES string of the molecule is CCC1CN(Cc2cnc(N)s2)CCN1CCOC. The van der Waals surface area contributed by atoms with Gasteiger partial charge in [0.1, 0.15) is 0 Å². The highest BCUT2D eigenvalue weighted by Gasteiger charge is 2.25. The molecule has 1 aliphatic rings. The Balaban J connectivity index is 1.85. The van der Waals surface area contributed by atoms with Crippen LogP contribution in [0.5, 0.6) is 0 Å². The van der Waals surface area contributed by atoms with Crippen LogP contribution >= 0.6 is 11.3 Å². The molecule has 5 nitrogen and oxygen atoms in total. The van der Waals surface area contributed by atoms with Gasteiger partial charge < -0.3 is 10.5 Å². The Morgan fingerprint density at radius 2 is 2.37 bits per heavy atom. The number of nitrogens with two attached hydrogens (primary N) is 1. The Bertz CT molecular complexity index is 384. The predicted octanol–water partition coefficient (Wildman–Crippen LogP) is 1.27. The van der Waals surface area contributed by atoms with Crippen LogP contribution in [0.1, 0.15) is 18.2 Å². The number of hydrogen-bond acceptors (Lipinski definition) is 6. The minimum atomic E-state index is 0.633. The highest BCUT2D eigenvalue weighted by atomic mass is 32.1. The van der Waals surface area contributed by atoms with Gasteiger partial charge in [-0.05, 0) is 6.42 Å². The number of nitrogens with zero attached hydrogens (tertiary/aromatic N) is 3. The van der Waals surface area contributed by atoms with Crippen LogP contribution < -0.4 is 5.73 Å². The topological polar surface area (TPSA) is 54.6 Å². The van der Waals surface area contributed by atoms with Crippen molar-refractivity contribution in [1.29, 1.82) is 0 Å². The molecular formula is C13H24N4OS. The van der Waals surface area contributed by atoms with E-state index in [2.05, 4.69) is 21.7 Å². The van der Waals surface area contributed by atoms with Crippen molar-refractivity contribution in [3.8, 4) is 0 Å². The number of ether oxygens (including phenoxy) is 1. The van der Waals surface area contributed by atoms with E-state index in [4.69, 9.17) is 10.5 Å². The number of piperazine rings is 1. The molecule has 1 atom stereocenters. The average Bonchev–Trinajstić information content (AvgIpc) is 2.82. The fourth-order valence-electron chi connectivity index (χ4n) is 2.61. The number of methoxy groups -OCH3 is 1. The number of aromatic nitrogens is 1. The van der Waals surface area contributed by atoms with Gasteiger partial charge in [-0.3, -0.25) is 9.80 Å². The number of nitrogen functional groups attached to an aromatic ring is 1. The quantitative estimate of drug-likeness (QED) is 0.852. The van der Waals surface area contributed by atoms with Crippen molar-refractivity contribution in [3.05, 3.63) is 11.1 Å². The van der Waals surface area contributed by atoms with Crippen LogP contribution in [0, 0.1) is 0 Å². The Morgan fingerprint density at radius 3 is 3.00 bits per heavy atom. The summed E-state index contributed by atoms with van der Waals surface area (Å²) in [6.45, 7) is 8.45. The molecule has 2 heterocycles. The van der Waals surface area contributed by atoms with E-state index in [1.807, 2.05) is 6.20 Å². The Morgan fingerprint density at radius 1 is 1.53 bits per heavy atom. The second-order valence-corrected chi connectivity index (χ2v) is 6.14. The minimum absolute atomic E-state index is 0.633. The normalized spacial score (nSPS) is 21.9. The zero-order valence-electron chi connectivity index (χ0n) is 11.8. The molecular weight excluding hydrogens is 260 g/mol. The highest BCUT2D eigenvalue weighted by Crippen LogP contribution is 2.19. The molecule has 1 aromatic rings. The van der Waals surface area contributed by atoms with E-state index in [-0.39, 0.29) is 0 Å². The lowest BCUT2D eigenvalue weighted by Crippen LogP contribution is -2.53. The van der Waals surface area contributed by atoms with Gasteiger partial charge in [-0.1, -0.05) is 6.92 Å². The number of thiazole rings is 1. The summed E-state index contributed by atoms with van der Waals surface area (Å²) in [6, 6.07) is 0.633. The number of anilines is 1. The first-order valence-corrected chi connectivity index (χ1v) is 7.70. The Hall–Kier alpha value is -0.690. The summed E-state index contributed by atoms with van der Waals surface area (Å²) in [5, 5.41) is 0.667. The second-order valence-electron chi connectivity index (χ2n) is 4.99. The van der Waals surface area contributed by atoms with Gasteiger partial charge in [0.2, 0.25) is 0 Å². The standard InChI is InChI=1S/C13H24N4OS/c1-3-11-9-16(4-5-17(11)6-7-18-2)10-12-8-15-13(14)19-12/h8,11H,3-7,9-10H2,1-2H3,(H2,14,15). The molecule has 6 heteroatoms. The summed E-state index contributed by atoms with van der Waals surface area (Å²) < 4.78 is 5.19. The molecule has 0 amide bonds. The first-order valence-electron chi connectivity index (χ1n) is 6.88. The van der Waals surface area contributed by atoms with Crippen molar-refractivity contribution in [3.63, 3.8) is 0 Å². The summed E-state index contributed by atoms with van der Waals surface area (Å²) in [5.41, 5.74) is 5.68. The van der Waals surface area contributed by atoms with E-state index in [9.17, 15) is 0 Å². The zero-order valence-corrected chi connectivity index (χ0v) is 12.7. The van der Waals surface area contributed by atoms with Crippen LogP contribution in [0.2, 0.25) is 0 Å². The van der Waals surface area contributed by atoms with Gasteiger partial charge in [-0.15, -0.1) is 11.3 Å². The van der Waals surface area contributed by atoms with E-state index in [0.717, 1.165) is 39.3 Å². The van der Waals surface area contributed by atoms with Gasteiger partial charge >= 0.3 is 0 Å². The molecule has 0 aromatic carbocycles. The van der Waals surface area contributed by atoms with Gasteiger partial charge in [-0.2, -0.15) is 0 Å². The van der Waals surface area contributed by atoms with E-state index in [1.54, 1.807) is 18.4 Å². The molecule has 0 bridgehead atoms. The zero-order chi connectivity index (χ0) is 13.7. The molecule has 0 aliphatic carbocycles. The number of rotatable bonds is 6. The first-order chi connectivity index (χ1) is 9.22. The lowest BCUT2D eigenvalue weighted by atomic mass is 10.1. The van der Waals surface area contributed by atoms with Crippen LogP contribution in [0.4, 0.5) is 5.13 Å². The molecule has 1 unspecified atom stereocenters. The summed E-state index contributed by atoms with van der Waals surface area (Å²) in [7, 11) is 1.77. The van der Waals surface area contributed by atoms with Gasteiger partial charge in [-0.25, -0.2) is 4.98 Å². The van der Waals surface area contributed by atoms with Gasteiger partial charge in [0.25, 0.3) is 0 Å². The van der Waals surface area contributed by atoms with E-state index in [1.165, 1.54) is 11.3 Å². The smallest absolute Gasteiger partial charge is 0.180 e. The summed E-state index contributed by atoms with van der Waals surface area (Å²) >= 11 is 1.60. The van der Waals surface area contributed by atoms with Crippen molar-refractivity contribution >= 4 is 16.5 Å². The third-order valence-corrected chi connectivity index (χ3v) is 4.50. The molecule has 1 aromatic heterocycles. The van der Waals surface area contributed by atoms with Gasteiger partial charge in [0, 0.05) is 56.9 Å². The minimum Gasteiger partial charge on any atom is -0.383 e. The van der Waals surface area contributed by atoms with Crippen molar-refractivity contribution in [2.45, 2.75) is 25.9 Å². The third kappa shape index (κ3) is 4.14. The molecule has 19 heavy (non-hydrogen) atoms. The van der Waals surface area contributed by atoms with Crippen molar-refractivity contribution in [2.24, 2.45) is 0 Å². The van der Waals surface area contributed by atoms with E-state index >= 15 is 0 Å². The molecule has 0 spiro atoms. The van der Waals surface area contributed by atoms with Crippen LogP contribution in [-0.4, -0.2) is 60.7 Å². The molecule has 2 rings (SSSR count). The maximum absolute atomic E-state index is 5.68. The molecule has 1 aliphatic heterocycles. The Kier molecular flexibility index (Phi) is 5.57. The fraction of sp³-hybridized carbons (Fsp3) is 0.769. The lowest BCUT2D eigenvalue weighted by molar-refractivity contribution is 0.0469. The molecule has 1 saturated heterocycles. The van der Waals surface area contributed by atoms with Gasteiger partial charge in [0.15, 0.2) is 5.13 Å². The maximum Gasteiger partial charge on any atom is 0.180 e. The fourth-order valence-corrected chi connectivity index (χ4v) is 3.33. The van der Waals surface area contributed by atoms with Crippen molar-refractivity contribution in [1.82, 2.24) is 14.8 Å². The van der Waals surface area contributed by atoms with Crippen LogP contribution in [-0.2, 0) is 11.3 Å². The monoisotopic (exact) mass is 284 g/mol. The van der Waals surface area contributed by atoms with Crippen molar-refractivity contribution in [2.75, 3.05) is 45.6 Å². The molecule has 0 radical (unpaired) electrons. The second kappa shape index (κ2) is 7.19.